The van der Waals surface area contributed by atoms with E-state index >= 15 is 0 Å². The Kier molecular flexibility index (Phi) is 3.92. The zero-order valence-corrected chi connectivity index (χ0v) is 10.7. The van der Waals surface area contributed by atoms with Crippen LogP contribution in [0.5, 0.6) is 0 Å². The van der Waals surface area contributed by atoms with Crippen molar-refractivity contribution in [3.8, 4) is 0 Å². The highest BCUT2D eigenvalue weighted by Gasteiger charge is 2.28. The van der Waals surface area contributed by atoms with Gasteiger partial charge in [-0.3, -0.25) is 0 Å². The highest BCUT2D eigenvalue weighted by Crippen LogP contribution is 2.33. The van der Waals surface area contributed by atoms with Crippen LogP contribution in [0, 0.1) is 0 Å². The molecule has 0 saturated carbocycles. The molecule has 1 aromatic heterocycles. The van der Waals surface area contributed by atoms with Gasteiger partial charge in [0.15, 0.2) is 0 Å². The van der Waals surface area contributed by atoms with Gasteiger partial charge in [0.05, 0.1) is 0 Å². The Balaban J connectivity index is 2.24. The summed E-state index contributed by atoms with van der Waals surface area (Å²) < 4.78 is 38.0. The zero-order chi connectivity index (χ0) is 13.2. The van der Waals surface area contributed by atoms with Crippen molar-refractivity contribution in [3.05, 3.63) is 35.2 Å². The van der Waals surface area contributed by atoms with E-state index in [2.05, 4.69) is 5.32 Å². The molecular weight excluding hydrogens is 259 g/mol. The van der Waals surface area contributed by atoms with E-state index in [1.807, 2.05) is 29.6 Å². The minimum atomic E-state index is -4.10. The summed E-state index contributed by atoms with van der Waals surface area (Å²) in [5.74, 6) is 0. The van der Waals surface area contributed by atoms with Crippen LogP contribution in [0.4, 0.5) is 13.2 Å². The van der Waals surface area contributed by atoms with Crippen LogP contribution in [0.1, 0.15) is 24.4 Å². The molecule has 1 nitrogen and oxygen atoms in total. The Bertz CT molecular complexity index is 518. The number of rotatable bonds is 4. The van der Waals surface area contributed by atoms with E-state index in [1.54, 1.807) is 18.4 Å². The highest BCUT2D eigenvalue weighted by atomic mass is 32.1. The molecule has 0 aliphatic carbocycles. The van der Waals surface area contributed by atoms with Crippen LogP contribution >= 0.6 is 11.3 Å². The highest BCUT2D eigenvalue weighted by molar-refractivity contribution is 7.17. The fourth-order valence-corrected chi connectivity index (χ4v) is 3.02. The SMILES string of the molecule is CNC(CCC(F)(F)F)c1cccc2ccsc12. The van der Waals surface area contributed by atoms with Gasteiger partial charge in [0.2, 0.25) is 0 Å². The molecular formula is C13H14F3NS. The second-order valence-electron chi connectivity index (χ2n) is 4.18. The van der Waals surface area contributed by atoms with Gasteiger partial charge < -0.3 is 5.32 Å². The first kappa shape index (κ1) is 13.4. The first-order valence-electron chi connectivity index (χ1n) is 5.71. The van der Waals surface area contributed by atoms with E-state index < -0.39 is 12.6 Å². The molecule has 2 aromatic rings. The van der Waals surface area contributed by atoms with Gasteiger partial charge in [0.25, 0.3) is 0 Å². The Labute approximate surface area is 108 Å². The lowest BCUT2D eigenvalue weighted by molar-refractivity contribution is -0.136. The van der Waals surface area contributed by atoms with Gasteiger partial charge in [-0.1, -0.05) is 18.2 Å². The average molecular weight is 273 g/mol. The van der Waals surface area contributed by atoms with Gasteiger partial charge >= 0.3 is 6.18 Å². The van der Waals surface area contributed by atoms with E-state index in [9.17, 15) is 13.2 Å². The number of halogens is 3. The lowest BCUT2D eigenvalue weighted by atomic mass is 10.0. The first-order valence-corrected chi connectivity index (χ1v) is 6.59. The van der Waals surface area contributed by atoms with Gasteiger partial charge in [0.1, 0.15) is 0 Å². The molecule has 5 heteroatoms. The topological polar surface area (TPSA) is 12.0 Å². The summed E-state index contributed by atoms with van der Waals surface area (Å²) in [6.45, 7) is 0. The Morgan fingerprint density at radius 1 is 1.28 bits per heavy atom. The summed E-state index contributed by atoms with van der Waals surface area (Å²) >= 11 is 1.57. The molecule has 0 aliphatic rings. The number of nitrogens with one attached hydrogen (secondary N) is 1. The molecule has 0 amide bonds. The maximum absolute atomic E-state index is 12.3. The van der Waals surface area contributed by atoms with E-state index in [0.29, 0.717) is 0 Å². The minimum absolute atomic E-state index is 0.0665. The molecule has 0 bridgehead atoms. The van der Waals surface area contributed by atoms with E-state index in [0.717, 1.165) is 15.6 Å². The maximum atomic E-state index is 12.3. The molecule has 0 radical (unpaired) electrons. The molecule has 1 atom stereocenters. The van der Waals surface area contributed by atoms with Gasteiger partial charge in [-0.2, -0.15) is 13.2 Å². The van der Waals surface area contributed by atoms with Crippen molar-refractivity contribution >= 4 is 21.4 Å². The average Bonchev–Trinajstić information content (AvgIpc) is 2.77. The molecule has 0 aliphatic heterocycles. The molecule has 1 aromatic carbocycles. The fourth-order valence-electron chi connectivity index (χ4n) is 2.05. The number of hydrogen-bond acceptors (Lipinski definition) is 2. The van der Waals surface area contributed by atoms with Crippen molar-refractivity contribution in [3.63, 3.8) is 0 Å². The zero-order valence-electron chi connectivity index (χ0n) is 9.92. The Hall–Kier alpha value is -1.07. The van der Waals surface area contributed by atoms with Crippen molar-refractivity contribution in [2.45, 2.75) is 25.1 Å². The van der Waals surface area contributed by atoms with Crippen LogP contribution < -0.4 is 5.32 Å². The molecule has 2 rings (SSSR count). The smallest absolute Gasteiger partial charge is 0.313 e. The predicted molar refractivity (Wildman–Crippen MR) is 68.9 cm³/mol. The van der Waals surface area contributed by atoms with Crippen LogP contribution in [0.3, 0.4) is 0 Å². The largest absolute Gasteiger partial charge is 0.389 e. The molecule has 1 heterocycles. The second kappa shape index (κ2) is 5.28. The molecule has 1 N–H and O–H groups in total. The van der Waals surface area contributed by atoms with Crippen LogP contribution in [-0.2, 0) is 0 Å². The van der Waals surface area contributed by atoms with Crippen molar-refractivity contribution in [1.29, 1.82) is 0 Å². The molecule has 0 spiro atoms. The molecule has 0 fully saturated rings. The summed E-state index contributed by atoms with van der Waals surface area (Å²) in [7, 11) is 1.70. The van der Waals surface area contributed by atoms with Crippen LogP contribution in [0.15, 0.2) is 29.6 Å². The standard InChI is InChI=1S/C13H14F3NS/c1-17-11(5-7-13(14,15)16)10-4-2-3-9-6-8-18-12(9)10/h2-4,6,8,11,17H,5,7H2,1H3. The first-order chi connectivity index (χ1) is 8.51. The third kappa shape index (κ3) is 3.03. The van der Waals surface area contributed by atoms with Gasteiger partial charge in [0, 0.05) is 17.2 Å². The maximum Gasteiger partial charge on any atom is 0.389 e. The molecule has 98 valence electrons. The predicted octanol–water partition coefficient (Wildman–Crippen LogP) is 4.50. The number of hydrogen-bond donors (Lipinski definition) is 1. The van der Waals surface area contributed by atoms with E-state index in [1.165, 1.54) is 0 Å². The summed E-state index contributed by atoms with van der Waals surface area (Å²) in [6, 6.07) is 7.50. The molecule has 0 saturated heterocycles. The third-order valence-electron chi connectivity index (χ3n) is 2.95. The summed E-state index contributed by atoms with van der Waals surface area (Å²) in [5.41, 5.74) is 0.953. The van der Waals surface area contributed by atoms with Gasteiger partial charge in [-0.25, -0.2) is 0 Å². The Morgan fingerprint density at radius 3 is 2.72 bits per heavy atom. The minimum Gasteiger partial charge on any atom is -0.313 e. The van der Waals surface area contributed by atoms with Gasteiger partial charge in [-0.15, -0.1) is 11.3 Å². The molecule has 1 unspecified atom stereocenters. The van der Waals surface area contributed by atoms with Crippen LogP contribution in [-0.4, -0.2) is 13.2 Å². The summed E-state index contributed by atoms with van der Waals surface area (Å²) in [5, 5.41) is 6.03. The van der Waals surface area contributed by atoms with Crippen molar-refractivity contribution in [2.24, 2.45) is 0 Å². The quantitative estimate of drug-likeness (QED) is 0.864. The van der Waals surface area contributed by atoms with E-state index in [4.69, 9.17) is 0 Å². The fraction of sp³-hybridized carbons (Fsp3) is 0.385. The van der Waals surface area contributed by atoms with Crippen molar-refractivity contribution in [1.82, 2.24) is 5.32 Å². The lowest BCUT2D eigenvalue weighted by Crippen LogP contribution is -2.19. The normalized spacial score (nSPS) is 14.0. The van der Waals surface area contributed by atoms with Crippen molar-refractivity contribution < 1.29 is 13.2 Å². The van der Waals surface area contributed by atoms with Crippen LogP contribution in [0.25, 0.3) is 10.1 Å². The third-order valence-corrected chi connectivity index (χ3v) is 3.93. The van der Waals surface area contributed by atoms with E-state index in [-0.39, 0.29) is 12.5 Å². The summed E-state index contributed by atoms with van der Waals surface area (Å²) in [6.07, 6.45) is -4.80. The lowest BCUT2D eigenvalue weighted by Gasteiger charge is -2.18. The van der Waals surface area contributed by atoms with Crippen LogP contribution in [0.2, 0.25) is 0 Å². The monoisotopic (exact) mass is 273 g/mol. The number of benzene rings is 1. The summed E-state index contributed by atoms with van der Waals surface area (Å²) in [4.78, 5) is 0. The molecule has 18 heavy (non-hydrogen) atoms. The second-order valence-corrected chi connectivity index (χ2v) is 5.10. The number of thiophene rings is 1. The van der Waals surface area contributed by atoms with Gasteiger partial charge in [-0.05, 0) is 35.9 Å². The Morgan fingerprint density at radius 2 is 2.06 bits per heavy atom. The number of fused-ring (bicyclic) bond motifs is 1. The number of alkyl halides is 3. The van der Waals surface area contributed by atoms with Crippen molar-refractivity contribution in [2.75, 3.05) is 7.05 Å².